The van der Waals surface area contributed by atoms with Crippen molar-refractivity contribution in [2.24, 2.45) is 0 Å². The van der Waals surface area contributed by atoms with Gasteiger partial charge in [-0.3, -0.25) is 0 Å². The van der Waals surface area contributed by atoms with E-state index in [2.05, 4.69) is 61.1 Å². The van der Waals surface area contributed by atoms with E-state index in [1.807, 2.05) is 73.8 Å². The van der Waals surface area contributed by atoms with Crippen molar-refractivity contribution in [3.05, 3.63) is 144 Å². The number of pyridine rings is 2. The van der Waals surface area contributed by atoms with Crippen LogP contribution in [0.15, 0.2) is 108 Å². The number of halogens is 1. The molecular weight excluding hydrogens is 712 g/mol. The minimum absolute atomic E-state index is 0. The number of aromatic nitrogens is 2. The van der Waals surface area contributed by atoms with E-state index in [-0.39, 0.29) is 25.9 Å². The number of benzene rings is 4. The molecule has 0 aliphatic carbocycles. The maximum Gasteiger partial charge on any atom is 0.134 e. The molecule has 0 spiro atoms. The van der Waals surface area contributed by atoms with Gasteiger partial charge in [-0.2, -0.15) is 0 Å². The Kier molecular flexibility index (Phi) is 8.96. The molecule has 0 saturated heterocycles. The summed E-state index contributed by atoms with van der Waals surface area (Å²) in [6.07, 6.45) is 3.69. The third-order valence-corrected chi connectivity index (χ3v) is 7.40. The van der Waals surface area contributed by atoms with Gasteiger partial charge in [0.25, 0.3) is 0 Å². The van der Waals surface area contributed by atoms with E-state index in [4.69, 9.17) is 4.42 Å². The maximum absolute atomic E-state index is 14.7. The predicted molar refractivity (Wildman–Crippen MR) is 169 cm³/mol. The van der Waals surface area contributed by atoms with Crippen LogP contribution in [-0.4, -0.2) is 9.97 Å². The molecule has 3 heterocycles. The van der Waals surface area contributed by atoms with Gasteiger partial charge in [-0.25, -0.2) is 4.39 Å². The smallest absolute Gasteiger partial charge is 0.134 e. The van der Waals surface area contributed by atoms with Crippen molar-refractivity contribution < 1.29 is 28.9 Å². The number of rotatable bonds is 3. The summed E-state index contributed by atoms with van der Waals surface area (Å²) in [5.74, 6) is -0.299. The first-order valence-electron chi connectivity index (χ1n) is 13.8. The van der Waals surface area contributed by atoms with Gasteiger partial charge in [-0.1, -0.05) is 71.5 Å². The first-order chi connectivity index (χ1) is 20.4. The molecule has 0 amide bonds. The van der Waals surface area contributed by atoms with E-state index in [9.17, 15) is 4.39 Å². The second-order valence-corrected chi connectivity index (χ2v) is 10.5. The van der Waals surface area contributed by atoms with Crippen molar-refractivity contribution in [1.82, 2.24) is 9.97 Å². The minimum Gasteiger partial charge on any atom is -0.500 e. The summed E-state index contributed by atoms with van der Waals surface area (Å²) < 4.78 is 21.0. The van der Waals surface area contributed by atoms with Crippen molar-refractivity contribution >= 4 is 21.9 Å². The normalized spacial score (nSPS) is 10.7. The number of aryl methyl sites for hydroxylation is 4. The number of furan rings is 1. The Morgan fingerprint density at radius 1 is 0.698 bits per heavy atom. The molecule has 0 saturated carbocycles. The number of hydrogen-bond acceptors (Lipinski definition) is 3. The Labute approximate surface area is 264 Å². The second-order valence-electron chi connectivity index (χ2n) is 10.5. The van der Waals surface area contributed by atoms with E-state index in [1.165, 1.54) is 22.8 Å². The van der Waals surface area contributed by atoms with Crippen LogP contribution in [0.25, 0.3) is 55.6 Å². The van der Waals surface area contributed by atoms with E-state index in [0.29, 0.717) is 16.7 Å². The average Bonchev–Trinajstić information content (AvgIpc) is 3.38. The van der Waals surface area contributed by atoms with Gasteiger partial charge in [0.05, 0.1) is 11.1 Å². The standard InChI is InChI=1S/C24H15FNO.C14H14N.Ir/c1-15-12-13-26-21(14-15)19-9-5-8-17-18-10-11-20(25)22(24(18)27-23(17)19)16-6-3-2-4-7-16;1-10-4-6-13(7-5-10)14-8-11(2)12(3)9-15-14;/h2-8,10-14H,1H3;4-6,8-9H,1-3H3;/q2*-1;. The fraction of sp³-hybridized carbons (Fsp3) is 0.105. The van der Waals surface area contributed by atoms with E-state index < -0.39 is 0 Å². The molecule has 7 aromatic rings. The molecule has 1 radical (unpaired) electrons. The maximum atomic E-state index is 14.7. The van der Waals surface area contributed by atoms with E-state index in [0.717, 1.165) is 44.4 Å². The first-order valence-corrected chi connectivity index (χ1v) is 13.8. The quantitative estimate of drug-likeness (QED) is 0.169. The molecule has 0 atom stereocenters. The van der Waals surface area contributed by atoms with Crippen LogP contribution < -0.4 is 0 Å². The topological polar surface area (TPSA) is 38.9 Å². The largest absolute Gasteiger partial charge is 0.500 e. The fourth-order valence-corrected chi connectivity index (χ4v) is 4.95. The SMILES string of the molecule is Cc1c[c-]c(-c2cc(C)c(C)cn2)cc1.Cc1ccnc(-c2[c-]ccc3c2oc2c(-c4ccccc4)c(F)ccc23)c1.[Ir]. The van der Waals surface area contributed by atoms with Crippen LogP contribution in [0, 0.1) is 45.6 Å². The van der Waals surface area contributed by atoms with Gasteiger partial charge in [0, 0.05) is 37.9 Å². The average molecular weight is 741 g/mol. The van der Waals surface area contributed by atoms with Crippen LogP contribution in [0.1, 0.15) is 22.3 Å². The summed E-state index contributed by atoms with van der Waals surface area (Å²) in [7, 11) is 0. The van der Waals surface area contributed by atoms with Gasteiger partial charge >= 0.3 is 0 Å². The second kappa shape index (κ2) is 12.8. The van der Waals surface area contributed by atoms with Crippen molar-refractivity contribution in [3.63, 3.8) is 0 Å². The summed E-state index contributed by atoms with van der Waals surface area (Å²) in [6, 6.07) is 35.2. The van der Waals surface area contributed by atoms with Crippen LogP contribution >= 0.6 is 0 Å². The van der Waals surface area contributed by atoms with E-state index in [1.54, 1.807) is 12.3 Å². The van der Waals surface area contributed by atoms with Gasteiger partial charge in [-0.05, 0) is 61.5 Å². The summed E-state index contributed by atoms with van der Waals surface area (Å²) in [6.45, 7) is 8.26. The molecule has 0 fully saturated rings. The van der Waals surface area contributed by atoms with Crippen molar-refractivity contribution in [2.75, 3.05) is 0 Å². The minimum atomic E-state index is -0.299. The Morgan fingerprint density at radius 3 is 2.21 bits per heavy atom. The summed E-state index contributed by atoms with van der Waals surface area (Å²) in [5.41, 5.74) is 11.0. The Hall–Kier alpha value is -4.44. The molecule has 3 aromatic heterocycles. The molecule has 0 bridgehead atoms. The van der Waals surface area contributed by atoms with Gasteiger partial charge in [0.2, 0.25) is 0 Å². The molecule has 43 heavy (non-hydrogen) atoms. The molecule has 0 N–H and O–H groups in total. The van der Waals surface area contributed by atoms with Crippen molar-refractivity contribution in [1.29, 1.82) is 0 Å². The molecule has 0 unspecified atom stereocenters. The number of nitrogens with zero attached hydrogens (tertiary/aromatic N) is 2. The summed E-state index contributed by atoms with van der Waals surface area (Å²) in [5, 5.41) is 1.81. The fourth-order valence-electron chi connectivity index (χ4n) is 4.95. The molecule has 3 nitrogen and oxygen atoms in total. The van der Waals surface area contributed by atoms with Crippen molar-refractivity contribution in [2.45, 2.75) is 27.7 Å². The zero-order valence-corrected chi connectivity index (χ0v) is 26.7. The third-order valence-electron chi connectivity index (χ3n) is 7.40. The molecule has 4 aromatic carbocycles. The van der Waals surface area contributed by atoms with E-state index >= 15 is 0 Å². The summed E-state index contributed by atoms with van der Waals surface area (Å²) in [4.78, 5) is 8.87. The zero-order chi connectivity index (χ0) is 29.2. The monoisotopic (exact) mass is 741 g/mol. The number of fused-ring (bicyclic) bond motifs is 3. The van der Waals surface area contributed by atoms with Gasteiger partial charge in [-0.15, -0.1) is 53.6 Å². The summed E-state index contributed by atoms with van der Waals surface area (Å²) >= 11 is 0. The van der Waals surface area contributed by atoms with Gasteiger partial charge in [0.15, 0.2) is 0 Å². The Balaban J connectivity index is 0.000000197. The van der Waals surface area contributed by atoms with Gasteiger partial charge in [0.1, 0.15) is 11.4 Å². The predicted octanol–water partition coefficient (Wildman–Crippen LogP) is 10.0. The molecular formula is C38H29FIrN2O-2. The molecule has 7 rings (SSSR count). The van der Waals surface area contributed by atoms with Crippen LogP contribution in [0.3, 0.4) is 0 Å². The van der Waals surface area contributed by atoms with Crippen LogP contribution in [-0.2, 0) is 20.1 Å². The van der Waals surface area contributed by atoms with Crippen molar-refractivity contribution in [3.8, 4) is 33.6 Å². The zero-order valence-electron chi connectivity index (χ0n) is 24.3. The third kappa shape index (κ3) is 6.19. The van der Waals surface area contributed by atoms with Gasteiger partial charge < -0.3 is 14.4 Å². The molecule has 0 aliphatic rings. The Bertz CT molecular complexity index is 2030. The number of hydrogen-bond donors (Lipinski definition) is 0. The molecule has 215 valence electrons. The van der Waals surface area contributed by atoms with Crippen LogP contribution in [0.2, 0.25) is 0 Å². The first kappa shape index (κ1) is 30.0. The Morgan fingerprint density at radius 2 is 1.49 bits per heavy atom. The molecule has 5 heteroatoms. The molecule has 0 aliphatic heterocycles. The van der Waals surface area contributed by atoms with Crippen LogP contribution in [0.4, 0.5) is 4.39 Å². The van der Waals surface area contributed by atoms with Crippen LogP contribution in [0.5, 0.6) is 0 Å².